The molecule has 0 atom stereocenters. The Labute approximate surface area is 155 Å². The highest BCUT2D eigenvalue weighted by Gasteiger charge is 2.21. The summed E-state index contributed by atoms with van der Waals surface area (Å²) in [5, 5.41) is 0.741. The van der Waals surface area contributed by atoms with E-state index in [1.54, 1.807) is 12.3 Å². The van der Waals surface area contributed by atoms with Gasteiger partial charge in [0.05, 0.1) is 28.3 Å². The van der Waals surface area contributed by atoms with Crippen LogP contribution in [-0.2, 0) is 9.84 Å². The van der Waals surface area contributed by atoms with Gasteiger partial charge in [0.2, 0.25) is 0 Å². The summed E-state index contributed by atoms with van der Waals surface area (Å²) in [5.74, 6) is 0.0431. The number of nitrogens with zero attached hydrogens (tertiary/aromatic N) is 3. The van der Waals surface area contributed by atoms with E-state index in [0.29, 0.717) is 18.8 Å². The number of hydrogen-bond donors (Lipinski definition) is 0. The van der Waals surface area contributed by atoms with Crippen LogP contribution in [0.5, 0.6) is 0 Å². The van der Waals surface area contributed by atoms with Gasteiger partial charge in [0.25, 0.3) is 0 Å². The molecular formula is C18H16FN3O2S2. The van der Waals surface area contributed by atoms with Crippen molar-refractivity contribution >= 4 is 26.9 Å². The third-order valence-corrected chi connectivity index (χ3v) is 6.99. The van der Waals surface area contributed by atoms with Gasteiger partial charge >= 0.3 is 0 Å². The third-order valence-electron chi connectivity index (χ3n) is 4.31. The molecule has 1 saturated heterocycles. The second-order valence-electron chi connectivity index (χ2n) is 6.08. The zero-order chi connectivity index (χ0) is 18.1. The van der Waals surface area contributed by atoms with Crippen LogP contribution in [0.2, 0.25) is 0 Å². The van der Waals surface area contributed by atoms with Crippen LogP contribution in [0.1, 0.15) is 0 Å². The summed E-state index contributed by atoms with van der Waals surface area (Å²) in [4.78, 5) is 11.5. The Bertz CT molecular complexity index is 1000. The fourth-order valence-corrected chi connectivity index (χ4v) is 4.94. The number of benzene rings is 1. The first-order valence-electron chi connectivity index (χ1n) is 8.14. The molecule has 1 aliphatic heterocycles. The van der Waals surface area contributed by atoms with E-state index < -0.39 is 9.84 Å². The number of thiazole rings is 1. The van der Waals surface area contributed by atoms with Crippen molar-refractivity contribution in [2.24, 2.45) is 0 Å². The van der Waals surface area contributed by atoms with E-state index in [-0.39, 0.29) is 17.3 Å². The minimum Gasteiger partial charge on any atom is -0.369 e. The Morgan fingerprint density at radius 2 is 1.69 bits per heavy atom. The van der Waals surface area contributed by atoms with Crippen LogP contribution in [-0.4, -0.2) is 43.0 Å². The first-order valence-corrected chi connectivity index (χ1v) is 10.8. The van der Waals surface area contributed by atoms with Crippen molar-refractivity contribution in [1.82, 2.24) is 9.97 Å². The number of hydrogen-bond acceptors (Lipinski definition) is 6. The molecule has 8 heteroatoms. The zero-order valence-corrected chi connectivity index (χ0v) is 15.4. The van der Waals surface area contributed by atoms with Crippen molar-refractivity contribution in [1.29, 1.82) is 0 Å². The minimum absolute atomic E-state index is 0.206. The van der Waals surface area contributed by atoms with Crippen LogP contribution in [0, 0.1) is 5.82 Å². The van der Waals surface area contributed by atoms with Gasteiger partial charge in [-0.05, 0) is 29.8 Å². The van der Waals surface area contributed by atoms with Crippen molar-refractivity contribution < 1.29 is 12.8 Å². The van der Waals surface area contributed by atoms with Crippen molar-refractivity contribution in [3.05, 3.63) is 54.6 Å². The standard InChI is InChI=1S/C18H16FN3O2S2/c19-14-3-6-16(20-11-14)18-21-12-17(25-18)13-1-4-15(5-2-13)22-7-9-26(23,24)10-8-22/h1-6,11-12H,7-10H2. The maximum atomic E-state index is 13.0. The van der Waals surface area contributed by atoms with Gasteiger partial charge in [0, 0.05) is 25.0 Å². The summed E-state index contributed by atoms with van der Waals surface area (Å²) < 4.78 is 36.1. The largest absolute Gasteiger partial charge is 0.369 e. The van der Waals surface area contributed by atoms with E-state index in [9.17, 15) is 12.8 Å². The Hall–Kier alpha value is -2.32. The molecule has 1 fully saturated rings. The van der Waals surface area contributed by atoms with Gasteiger partial charge in [-0.1, -0.05) is 12.1 Å². The molecule has 4 rings (SSSR count). The van der Waals surface area contributed by atoms with E-state index in [0.717, 1.165) is 21.1 Å². The summed E-state index contributed by atoms with van der Waals surface area (Å²) in [7, 11) is -2.88. The number of halogens is 1. The first-order chi connectivity index (χ1) is 12.5. The summed E-state index contributed by atoms with van der Waals surface area (Å²) in [6, 6.07) is 11.0. The fraction of sp³-hybridized carbons (Fsp3) is 0.222. The van der Waals surface area contributed by atoms with Crippen molar-refractivity contribution in [2.75, 3.05) is 29.5 Å². The molecule has 1 aliphatic rings. The monoisotopic (exact) mass is 389 g/mol. The quantitative estimate of drug-likeness (QED) is 0.688. The van der Waals surface area contributed by atoms with Gasteiger partial charge in [0.1, 0.15) is 10.8 Å². The molecule has 0 N–H and O–H groups in total. The molecule has 26 heavy (non-hydrogen) atoms. The molecule has 0 spiro atoms. The topological polar surface area (TPSA) is 63.2 Å². The van der Waals surface area contributed by atoms with Crippen LogP contribution >= 0.6 is 11.3 Å². The van der Waals surface area contributed by atoms with Crippen LogP contribution in [0.3, 0.4) is 0 Å². The van der Waals surface area contributed by atoms with Crippen molar-refractivity contribution in [2.45, 2.75) is 0 Å². The first kappa shape index (κ1) is 17.1. The lowest BCUT2D eigenvalue weighted by Gasteiger charge is -2.28. The van der Waals surface area contributed by atoms with E-state index in [1.165, 1.54) is 23.6 Å². The molecule has 3 aromatic rings. The molecule has 0 saturated carbocycles. The number of rotatable bonds is 3. The average Bonchev–Trinajstić information content (AvgIpc) is 3.13. The van der Waals surface area contributed by atoms with Gasteiger partial charge in [0.15, 0.2) is 9.84 Å². The number of anilines is 1. The van der Waals surface area contributed by atoms with Gasteiger partial charge in [-0.15, -0.1) is 11.3 Å². The molecule has 0 amide bonds. The lowest BCUT2D eigenvalue weighted by atomic mass is 10.2. The number of sulfone groups is 1. The molecule has 0 radical (unpaired) electrons. The van der Waals surface area contributed by atoms with Gasteiger partial charge < -0.3 is 4.90 Å². The zero-order valence-electron chi connectivity index (χ0n) is 13.8. The molecule has 0 unspecified atom stereocenters. The van der Waals surface area contributed by atoms with Crippen molar-refractivity contribution in [3.8, 4) is 21.1 Å². The molecule has 0 bridgehead atoms. The second kappa shape index (κ2) is 6.77. The lowest BCUT2D eigenvalue weighted by Crippen LogP contribution is -2.40. The Kier molecular flexibility index (Phi) is 4.46. The Balaban J connectivity index is 1.51. The molecule has 1 aromatic carbocycles. The highest BCUT2D eigenvalue weighted by atomic mass is 32.2. The number of aromatic nitrogens is 2. The smallest absolute Gasteiger partial charge is 0.153 e. The van der Waals surface area contributed by atoms with Crippen LogP contribution < -0.4 is 4.90 Å². The normalized spacial score (nSPS) is 16.6. The molecule has 3 heterocycles. The Morgan fingerprint density at radius 1 is 0.962 bits per heavy atom. The highest BCUT2D eigenvalue weighted by molar-refractivity contribution is 7.91. The summed E-state index contributed by atoms with van der Waals surface area (Å²) in [6.07, 6.45) is 2.97. The van der Waals surface area contributed by atoms with Crippen molar-refractivity contribution in [3.63, 3.8) is 0 Å². The summed E-state index contributed by atoms with van der Waals surface area (Å²) >= 11 is 1.50. The highest BCUT2D eigenvalue weighted by Crippen LogP contribution is 2.32. The predicted octanol–water partition coefficient (Wildman–Crippen LogP) is 3.25. The number of pyridine rings is 1. The molecule has 0 aliphatic carbocycles. The SMILES string of the molecule is O=S1(=O)CCN(c2ccc(-c3cnc(-c4ccc(F)cn4)s3)cc2)CC1. The minimum atomic E-state index is -2.88. The lowest BCUT2D eigenvalue weighted by molar-refractivity contribution is 0.587. The molecule has 134 valence electrons. The average molecular weight is 389 g/mol. The Morgan fingerprint density at radius 3 is 2.35 bits per heavy atom. The van der Waals surface area contributed by atoms with Crippen LogP contribution in [0.25, 0.3) is 21.1 Å². The van der Waals surface area contributed by atoms with Crippen LogP contribution in [0.4, 0.5) is 10.1 Å². The maximum Gasteiger partial charge on any atom is 0.153 e. The van der Waals surface area contributed by atoms with Gasteiger partial charge in [-0.3, -0.25) is 4.98 Å². The third kappa shape index (κ3) is 3.61. The van der Waals surface area contributed by atoms with E-state index >= 15 is 0 Å². The van der Waals surface area contributed by atoms with Gasteiger partial charge in [-0.25, -0.2) is 17.8 Å². The fourth-order valence-electron chi connectivity index (χ4n) is 2.84. The van der Waals surface area contributed by atoms with E-state index in [4.69, 9.17) is 0 Å². The van der Waals surface area contributed by atoms with Gasteiger partial charge in [-0.2, -0.15) is 0 Å². The molecular weight excluding hydrogens is 373 g/mol. The maximum absolute atomic E-state index is 13.0. The van der Waals surface area contributed by atoms with E-state index in [1.807, 2.05) is 24.3 Å². The summed E-state index contributed by atoms with van der Waals surface area (Å²) in [5.41, 5.74) is 2.70. The molecule has 5 nitrogen and oxygen atoms in total. The second-order valence-corrected chi connectivity index (χ2v) is 9.41. The predicted molar refractivity (Wildman–Crippen MR) is 102 cm³/mol. The summed E-state index contributed by atoms with van der Waals surface area (Å²) in [6.45, 7) is 1.06. The van der Waals surface area contributed by atoms with E-state index in [2.05, 4.69) is 14.9 Å². The van der Waals surface area contributed by atoms with Crippen LogP contribution in [0.15, 0.2) is 48.8 Å². The molecule has 2 aromatic heterocycles.